The molecule has 0 aliphatic carbocycles. The molecular formula is C11H19F3N2O. The topological polar surface area (TPSA) is 46.3 Å². The minimum atomic E-state index is -4.27. The van der Waals surface area contributed by atoms with Crippen LogP contribution in [0.4, 0.5) is 13.2 Å². The van der Waals surface area contributed by atoms with Gasteiger partial charge < -0.3 is 10.6 Å². The number of hydrogen-bond donors (Lipinski definition) is 1. The van der Waals surface area contributed by atoms with Crippen LogP contribution >= 0.6 is 0 Å². The SMILES string of the molecule is CC1CCCN(C(=O)CCC(F)(F)F)C1CN. The van der Waals surface area contributed by atoms with Crippen LogP contribution in [-0.4, -0.2) is 36.1 Å². The molecule has 0 aromatic carbocycles. The molecule has 0 aromatic rings. The molecule has 17 heavy (non-hydrogen) atoms. The fraction of sp³-hybridized carbons (Fsp3) is 0.909. The summed E-state index contributed by atoms with van der Waals surface area (Å²) >= 11 is 0. The molecule has 0 spiro atoms. The maximum absolute atomic E-state index is 12.0. The number of carbonyl (C=O) groups excluding carboxylic acids is 1. The second-order valence-corrected chi connectivity index (χ2v) is 4.62. The highest BCUT2D eigenvalue weighted by atomic mass is 19.4. The summed E-state index contributed by atoms with van der Waals surface area (Å²) in [5.41, 5.74) is 5.59. The van der Waals surface area contributed by atoms with Gasteiger partial charge in [0, 0.05) is 25.6 Å². The normalized spacial score (nSPS) is 26.1. The van der Waals surface area contributed by atoms with Crippen molar-refractivity contribution >= 4 is 5.91 Å². The molecule has 2 N–H and O–H groups in total. The average Bonchev–Trinajstić information content (AvgIpc) is 2.24. The Labute approximate surface area is 99.1 Å². The molecule has 2 atom stereocenters. The van der Waals surface area contributed by atoms with Crippen LogP contribution in [0.3, 0.4) is 0 Å². The standard InChI is InChI=1S/C11H19F3N2O/c1-8-3-2-6-16(9(8)7-15)10(17)4-5-11(12,13)14/h8-9H,2-7,15H2,1H3. The number of alkyl halides is 3. The van der Waals surface area contributed by atoms with Gasteiger partial charge in [-0.3, -0.25) is 4.79 Å². The maximum Gasteiger partial charge on any atom is 0.389 e. The molecule has 0 bridgehead atoms. The zero-order chi connectivity index (χ0) is 13.1. The molecule has 0 aromatic heterocycles. The first kappa shape index (κ1) is 14.3. The van der Waals surface area contributed by atoms with Gasteiger partial charge in [0.05, 0.1) is 6.42 Å². The third-order valence-electron chi connectivity index (χ3n) is 3.30. The highest BCUT2D eigenvalue weighted by molar-refractivity contribution is 5.76. The zero-order valence-electron chi connectivity index (χ0n) is 9.96. The highest BCUT2D eigenvalue weighted by Crippen LogP contribution is 2.26. The molecular weight excluding hydrogens is 233 g/mol. The quantitative estimate of drug-likeness (QED) is 0.834. The van der Waals surface area contributed by atoms with E-state index in [9.17, 15) is 18.0 Å². The third-order valence-corrected chi connectivity index (χ3v) is 3.30. The van der Waals surface area contributed by atoms with E-state index in [0.717, 1.165) is 12.8 Å². The predicted octanol–water partition coefficient (Wildman–Crippen LogP) is 1.91. The second kappa shape index (κ2) is 5.71. The van der Waals surface area contributed by atoms with Gasteiger partial charge >= 0.3 is 6.18 Å². The van der Waals surface area contributed by atoms with E-state index in [1.54, 1.807) is 0 Å². The van der Waals surface area contributed by atoms with Gasteiger partial charge in [-0.1, -0.05) is 6.92 Å². The van der Waals surface area contributed by atoms with E-state index in [4.69, 9.17) is 5.73 Å². The van der Waals surface area contributed by atoms with Crippen molar-refractivity contribution in [3.63, 3.8) is 0 Å². The molecule has 100 valence electrons. The molecule has 2 unspecified atom stereocenters. The Morgan fingerprint density at radius 3 is 2.65 bits per heavy atom. The predicted molar refractivity (Wildman–Crippen MR) is 58.2 cm³/mol. The Hall–Kier alpha value is -0.780. The first-order valence-electron chi connectivity index (χ1n) is 5.91. The summed E-state index contributed by atoms with van der Waals surface area (Å²) in [6.45, 7) is 2.84. The van der Waals surface area contributed by atoms with Crippen LogP contribution in [0.25, 0.3) is 0 Å². The molecule has 1 heterocycles. The molecule has 1 fully saturated rings. The van der Waals surface area contributed by atoms with Crippen molar-refractivity contribution in [1.29, 1.82) is 0 Å². The molecule has 0 saturated carbocycles. The summed E-state index contributed by atoms with van der Waals surface area (Å²) in [7, 11) is 0. The number of piperidine rings is 1. The minimum Gasteiger partial charge on any atom is -0.338 e. The number of carbonyl (C=O) groups is 1. The molecule has 0 radical (unpaired) electrons. The first-order chi connectivity index (χ1) is 7.85. The molecule has 1 aliphatic heterocycles. The second-order valence-electron chi connectivity index (χ2n) is 4.62. The summed E-state index contributed by atoms with van der Waals surface area (Å²) in [6.07, 6.45) is -3.96. The molecule has 1 aliphatic rings. The summed E-state index contributed by atoms with van der Waals surface area (Å²) in [5.74, 6) is -0.159. The fourth-order valence-electron chi connectivity index (χ4n) is 2.31. The van der Waals surface area contributed by atoms with Crippen molar-refractivity contribution in [3.05, 3.63) is 0 Å². The molecule has 1 saturated heterocycles. The van der Waals surface area contributed by atoms with Crippen LogP contribution in [0.2, 0.25) is 0 Å². The van der Waals surface area contributed by atoms with Crippen LogP contribution < -0.4 is 5.73 Å². The van der Waals surface area contributed by atoms with Crippen LogP contribution in [0.1, 0.15) is 32.6 Å². The van der Waals surface area contributed by atoms with Gasteiger partial charge in [-0.05, 0) is 18.8 Å². The Bertz CT molecular complexity index is 268. The highest BCUT2D eigenvalue weighted by Gasteiger charge is 2.33. The third kappa shape index (κ3) is 4.18. The van der Waals surface area contributed by atoms with Crippen LogP contribution in [0, 0.1) is 5.92 Å². The van der Waals surface area contributed by atoms with E-state index in [-0.39, 0.29) is 12.0 Å². The lowest BCUT2D eigenvalue weighted by molar-refractivity contribution is -0.151. The molecule has 1 rings (SSSR count). The Kier molecular flexibility index (Phi) is 4.80. The van der Waals surface area contributed by atoms with Crippen molar-refractivity contribution in [1.82, 2.24) is 4.90 Å². The van der Waals surface area contributed by atoms with Gasteiger partial charge in [-0.15, -0.1) is 0 Å². The number of halogens is 3. The van der Waals surface area contributed by atoms with Gasteiger partial charge in [-0.2, -0.15) is 13.2 Å². The van der Waals surface area contributed by atoms with Crippen molar-refractivity contribution in [2.24, 2.45) is 11.7 Å². The maximum atomic E-state index is 12.0. The van der Waals surface area contributed by atoms with Crippen molar-refractivity contribution in [2.75, 3.05) is 13.1 Å². The number of likely N-dealkylation sites (tertiary alicyclic amines) is 1. The van der Waals surface area contributed by atoms with Gasteiger partial charge in [0.25, 0.3) is 0 Å². The first-order valence-corrected chi connectivity index (χ1v) is 5.91. The fourth-order valence-corrected chi connectivity index (χ4v) is 2.31. The number of hydrogen-bond acceptors (Lipinski definition) is 2. The number of nitrogens with zero attached hydrogens (tertiary/aromatic N) is 1. The largest absolute Gasteiger partial charge is 0.389 e. The smallest absolute Gasteiger partial charge is 0.338 e. The van der Waals surface area contributed by atoms with E-state index in [1.165, 1.54) is 4.90 Å². The zero-order valence-corrected chi connectivity index (χ0v) is 9.96. The number of amides is 1. The van der Waals surface area contributed by atoms with Gasteiger partial charge in [0.15, 0.2) is 0 Å². The van der Waals surface area contributed by atoms with E-state index in [1.807, 2.05) is 6.92 Å². The lowest BCUT2D eigenvalue weighted by Crippen LogP contribution is -2.51. The van der Waals surface area contributed by atoms with Gasteiger partial charge in [0.1, 0.15) is 0 Å². The average molecular weight is 252 g/mol. The lowest BCUT2D eigenvalue weighted by Gasteiger charge is -2.39. The minimum absolute atomic E-state index is 0.107. The molecule has 3 nitrogen and oxygen atoms in total. The Morgan fingerprint density at radius 1 is 1.47 bits per heavy atom. The summed E-state index contributed by atoms with van der Waals surface area (Å²) in [6, 6.07) is -0.107. The number of rotatable bonds is 3. The van der Waals surface area contributed by atoms with E-state index in [2.05, 4.69) is 0 Å². The summed E-state index contributed by atoms with van der Waals surface area (Å²) in [5, 5.41) is 0. The lowest BCUT2D eigenvalue weighted by atomic mass is 9.90. The Morgan fingerprint density at radius 2 is 2.12 bits per heavy atom. The van der Waals surface area contributed by atoms with Crippen molar-refractivity contribution < 1.29 is 18.0 Å². The number of nitrogens with two attached hydrogens (primary N) is 1. The van der Waals surface area contributed by atoms with E-state index >= 15 is 0 Å². The van der Waals surface area contributed by atoms with E-state index < -0.39 is 24.9 Å². The van der Waals surface area contributed by atoms with Gasteiger partial charge in [-0.25, -0.2) is 0 Å². The molecule has 6 heteroatoms. The van der Waals surface area contributed by atoms with Crippen LogP contribution in [-0.2, 0) is 4.79 Å². The van der Waals surface area contributed by atoms with E-state index in [0.29, 0.717) is 13.1 Å². The van der Waals surface area contributed by atoms with Crippen molar-refractivity contribution in [2.45, 2.75) is 44.8 Å². The van der Waals surface area contributed by atoms with Crippen molar-refractivity contribution in [3.8, 4) is 0 Å². The monoisotopic (exact) mass is 252 g/mol. The van der Waals surface area contributed by atoms with Crippen LogP contribution in [0.15, 0.2) is 0 Å². The summed E-state index contributed by atoms with van der Waals surface area (Å²) in [4.78, 5) is 13.3. The Balaban J connectivity index is 2.54. The summed E-state index contributed by atoms with van der Waals surface area (Å²) < 4.78 is 36.1. The molecule has 1 amide bonds. The van der Waals surface area contributed by atoms with Gasteiger partial charge in [0.2, 0.25) is 5.91 Å². The van der Waals surface area contributed by atoms with Crippen LogP contribution in [0.5, 0.6) is 0 Å².